The minimum absolute atomic E-state index is 0.563. The van der Waals surface area contributed by atoms with Crippen molar-refractivity contribution in [1.29, 1.82) is 0 Å². The molecule has 0 unspecified atom stereocenters. The molecule has 0 amide bonds. The Morgan fingerprint density at radius 1 is 1.00 bits per heavy atom. The van der Waals surface area contributed by atoms with Gasteiger partial charge in [0, 0.05) is 32.2 Å². The minimum atomic E-state index is 0.563. The molecule has 0 atom stereocenters. The summed E-state index contributed by atoms with van der Waals surface area (Å²) in [5.41, 5.74) is 0.563. The average molecular weight is 267 g/mol. The summed E-state index contributed by atoms with van der Waals surface area (Å²) in [6.45, 7) is 12.2. The van der Waals surface area contributed by atoms with E-state index < -0.39 is 0 Å². The highest BCUT2D eigenvalue weighted by atomic mass is 15.2. The second-order valence-corrected chi connectivity index (χ2v) is 7.18. The summed E-state index contributed by atoms with van der Waals surface area (Å²) in [5, 5.41) is 3.71. The Bertz CT molecular complexity index is 259. The largest absolute Gasteiger partial charge is 0.314 e. The van der Waals surface area contributed by atoms with Gasteiger partial charge in [-0.1, -0.05) is 26.7 Å². The van der Waals surface area contributed by atoms with Gasteiger partial charge < -0.3 is 15.1 Å². The first-order valence-electron chi connectivity index (χ1n) is 8.24. The first kappa shape index (κ1) is 15.3. The van der Waals surface area contributed by atoms with Gasteiger partial charge in [0.1, 0.15) is 0 Å². The molecule has 1 saturated carbocycles. The Kier molecular flexibility index (Phi) is 5.67. The Morgan fingerprint density at radius 3 is 2.42 bits per heavy atom. The molecule has 1 aliphatic carbocycles. The van der Waals surface area contributed by atoms with Crippen molar-refractivity contribution in [2.75, 3.05) is 46.3 Å². The quantitative estimate of drug-likeness (QED) is 0.824. The molecule has 0 aromatic heterocycles. The molecule has 2 rings (SSSR count). The van der Waals surface area contributed by atoms with Crippen molar-refractivity contribution < 1.29 is 0 Å². The van der Waals surface area contributed by atoms with Crippen LogP contribution < -0.4 is 5.32 Å². The molecule has 2 fully saturated rings. The average Bonchev–Trinajstić information content (AvgIpc) is 2.73. The fourth-order valence-electron chi connectivity index (χ4n) is 3.67. The van der Waals surface area contributed by atoms with Crippen LogP contribution in [0.2, 0.25) is 0 Å². The van der Waals surface area contributed by atoms with Crippen molar-refractivity contribution in [2.24, 2.45) is 5.41 Å². The molecule has 0 aromatic rings. The molecule has 3 heteroatoms. The zero-order valence-corrected chi connectivity index (χ0v) is 13.2. The summed E-state index contributed by atoms with van der Waals surface area (Å²) in [7, 11) is 2.26. The van der Waals surface area contributed by atoms with Crippen molar-refractivity contribution in [2.45, 2.75) is 52.0 Å². The number of rotatable bonds is 5. The number of likely N-dealkylation sites (N-methyl/N-ethyl adjacent to an activating group) is 1. The van der Waals surface area contributed by atoms with Gasteiger partial charge >= 0.3 is 0 Å². The van der Waals surface area contributed by atoms with Crippen LogP contribution in [0.5, 0.6) is 0 Å². The zero-order valence-electron chi connectivity index (χ0n) is 13.2. The van der Waals surface area contributed by atoms with Gasteiger partial charge in [-0.3, -0.25) is 0 Å². The molecule has 0 spiro atoms. The molecule has 1 saturated heterocycles. The maximum Gasteiger partial charge on any atom is 0.0109 e. The van der Waals surface area contributed by atoms with Gasteiger partial charge in [-0.25, -0.2) is 0 Å². The topological polar surface area (TPSA) is 18.5 Å². The van der Waals surface area contributed by atoms with Crippen LogP contribution in [0.4, 0.5) is 0 Å². The van der Waals surface area contributed by atoms with Gasteiger partial charge in [0.15, 0.2) is 0 Å². The maximum atomic E-state index is 3.71. The Hall–Kier alpha value is -0.120. The standard InChI is InChI=1S/C16H33N3/c1-15(2)17-13-16(7-4-5-8-16)14-19-10-6-9-18(3)11-12-19/h15,17H,4-14H2,1-3H3. The summed E-state index contributed by atoms with van der Waals surface area (Å²) in [6, 6.07) is 0.618. The summed E-state index contributed by atoms with van der Waals surface area (Å²) in [6.07, 6.45) is 7.07. The van der Waals surface area contributed by atoms with Crippen LogP contribution in [0.3, 0.4) is 0 Å². The highest BCUT2D eigenvalue weighted by molar-refractivity contribution is 4.90. The number of hydrogen-bond donors (Lipinski definition) is 1. The summed E-state index contributed by atoms with van der Waals surface area (Å²) in [4.78, 5) is 5.21. The second kappa shape index (κ2) is 7.05. The Morgan fingerprint density at radius 2 is 1.74 bits per heavy atom. The van der Waals surface area contributed by atoms with Crippen molar-refractivity contribution in [1.82, 2.24) is 15.1 Å². The molecule has 0 bridgehead atoms. The summed E-state index contributed by atoms with van der Waals surface area (Å²) < 4.78 is 0. The van der Waals surface area contributed by atoms with Gasteiger partial charge in [0.2, 0.25) is 0 Å². The Labute approximate surface area is 119 Å². The number of nitrogens with one attached hydrogen (secondary N) is 1. The normalized spacial score (nSPS) is 25.9. The van der Waals surface area contributed by atoms with E-state index in [-0.39, 0.29) is 0 Å². The first-order valence-corrected chi connectivity index (χ1v) is 8.24. The van der Waals surface area contributed by atoms with Crippen LogP contribution >= 0.6 is 0 Å². The predicted molar refractivity (Wildman–Crippen MR) is 82.6 cm³/mol. The van der Waals surface area contributed by atoms with Crippen LogP contribution in [0, 0.1) is 5.41 Å². The lowest BCUT2D eigenvalue weighted by Gasteiger charge is -2.36. The molecule has 0 aromatic carbocycles. The van der Waals surface area contributed by atoms with E-state index in [9.17, 15) is 0 Å². The molecule has 1 N–H and O–H groups in total. The third kappa shape index (κ3) is 4.73. The fraction of sp³-hybridized carbons (Fsp3) is 1.00. The summed E-state index contributed by atoms with van der Waals surface area (Å²) in [5.74, 6) is 0. The maximum absolute atomic E-state index is 3.71. The monoisotopic (exact) mass is 267 g/mol. The Balaban J connectivity index is 1.88. The van der Waals surface area contributed by atoms with Crippen LogP contribution in [0.1, 0.15) is 46.0 Å². The molecule has 1 heterocycles. The van der Waals surface area contributed by atoms with Crippen molar-refractivity contribution >= 4 is 0 Å². The highest BCUT2D eigenvalue weighted by Crippen LogP contribution is 2.38. The van der Waals surface area contributed by atoms with Crippen molar-refractivity contribution in [3.63, 3.8) is 0 Å². The van der Waals surface area contributed by atoms with E-state index in [4.69, 9.17) is 0 Å². The highest BCUT2D eigenvalue weighted by Gasteiger charge is 2.35. The van der Waals surface area contributed by atoms with E-state index >= 15 is 0 Å². The van der Waals surface area contributed by atoms with E-state index in [2.05, 4.69) is 36.0 Å². The van der Waals surface area contributed by atoms with E-state index in [0.717, 1.165) is 0 Å². The van der Waals surface area contributed by atoms with E-state index in [1.54, 1.807) is 0 Å². The molecular weight excluding hydrogens is 234 g/mol. The lowest BCUT2D eigenvalue weighted by molar-refractivity contribution is 0.149. The molecule has 2 aliphatic rings. The SMILES string of the molecule is CC(C)NCC1(CN2CCCN(C)CC2)CCCC1. The van der Waals surface area contributed by atoms with Crippen LogP contribution in [0.15, 0.2) is 0 Å². The molecule has 112 valence electrons. The third-order valence-corrected chi connectivity index (χ3v) is 4.92. The van der Waals surface area contributed by atoms with E-state index in [1.165, 1.54) is 71.4 Å². The van der Waals surface area contributed by atoms with Gasteiger partial charge in [-0.05, 0) is 44.8 Å². The van der Waals surface area contributed by atoms with Gasteiger partial charge in [0.25, 0.3) is 0 Å². The smallest absolute Gasteiger partial charge is 0.0109 e. The first-order chi connectivity index (χ1) is 9.10. The van der Waals surface area contributed by atoms with E-state index in [1.807, 2.05) is 0 Å². The number of hydrogen-bond acceptors (Lipinski definition) is 3. The molecular formula is C16H33N3. The van der Waals surface area contributed by atoms with Gasteiger partial charge in [0.05, 0.1) is 0 Å². The molecule has 1 aliphatic heterocycles. The summed E-state index contributed by atoms with van der Waals surface area (Å²) >= 11 is 0. The lowest BCUT2D eigenvalue weighted by atomic mass is 9.85. The zero-order chi connectivity index (χ0) is 13.7. The third-order valence-electron chi connectivity index (χ3n) is 4.92. The lowest BCUT2D eigenvalue weighted by Crippen LogP contribution is -2.45. The predicted octanol–water partition coefficient (Wildman–Crippen LogP) is 2.18. The fourth-order valence-corrected chi connectivity index (χ4v) is 3.67. The molecule has 0 radical (unpaired) electrons. The van der Waals surface area contributed by atoms with Gasteiger partial charge in [-0.2, -0.15) is 0 Å². The minimum Gasteiger partial charge on any atom is -0.314 e. The molecule has 19 heavy (non-hydrogen) atoms. The second-order valence-electron chi connectivity index (χ2n) is 7.18. The number of nitrogens with zero attached hydrogens (tertiary/aromatic N) is 2. The van der Waals surface area contributed by atoms with Crippen LogP contribution in [-0.2, 0) is 0 Å². The van der Waals surface area contributed by atoms with Crippen LogP contribution in [-0.4, -0.2) is 62.2 Å². The van der Waals surface area contributed by atoms with Gasteiger partial charge in [-0.15, -0.1) is 0 Å². The van der Waals surface area contributed by atoms with Crippen molar-refractivity contribution in [3.05, 3.63) is 0 Å². The van der Waals surface area contributed by atoms with Crippen molar-refractivity contribution in [3.8, 4) is 0 Å². The van der Waals surface area contributed by atoms with E-state index in [0.29, 0.717) is 11.5 Å². The molecule has 3 nitrogen and oxygen atoms in total. The van der Waals surface area contributed by atoms with Crippen LogP contribution in [0.25, 0.3) is 0 Å².